The van der Waals surface area contributed by atoms with Gasteiger partial charge < -0.3 is 10.1 Å². The van der Waals surface area contributed by atoms with E-state index in [1.165, 1.54) is 0 Å². The van der Waals surface area contributed by atoms with Crippen molar-refractivity contribution >= 4 is 11.9 Å². The van der Waals surface area contributed by atoms with Crippen LogP contribution in [0.25, 0.3) is 0 Å². The molecule has 2 aromatic carbocycles. The number of fused-ring (bicyclic) bond motifs is 2. The predicted molar refractivity (Wildman–Crippen MR) is 103 cm³/mol. The van der Waals surface area contributed by atoms with Gasteiger partial charge in [-0.15, -0.1) is 0 Å². The molecule has 27 heavy (non-hydrogen) atoms. The molecule has 2 fully saturated rings. The molecule has 2 aliphatic rings. The van der Waals surface area contributed by atoms with Crippen molar-refractivity contribution in [2.75, 3.05) is 0 Å². The fourth-order valence-electron chi connectivity index (χ4n) is 4.64. The largest absolute Gasteiger partial charge is 0.448 e. The Kier molecular flexibility index (Phi) is 3.91. The monoisotopic (exact) mass is 363 g/mol. The SMILES string of the molecule is CC1(C)[C@@]2(C)CC[C@@]1(C(=O)NC(c1ccccc1)c1ccccc1)OC2=O. The van der Waals surface area contributed by atoms with Crippen LogP contribution in [0.15, 0.2) is 60.7 Å². The lowest BCUT2D eigenvalue weighted by Crippen LogP contribution is -2.54. The van der Waals surface area contributed by atoms with E-state index >= 15 is 0 Å². The van der Waals surface area contributed by atoms with Gasteiger partial charge in [0.15, 0.2) is 5.60 Å². The van der Waals surface area contributed by atoms with Gasteiger partial charge in [0, 0.05) is 5.41 Å². The van der Waals surface area contributed by atoms with E-state index in [1.807, 2.05) is 81.4 Å². The summed E-state index contributed by atoms with van der Waals surface area (Å²) in [4.78, 5) is 26.0. The third-order valence-electron chi connectivity index (χ3n) is 6.99. The first-order valence-corrected chi connectivity index (χ1v) is 9.46. The number of ether oxygens (including phenoxy) is 1. The Labute approximate surface area is 159 Å². The maximum atomic E-state index is 13.5. The molecule has 2 aromatic rings. The van der Waals surface area contributed by atoms with Crippen molar-refractivity contribution in [2.24, 2.45) is 10.8 Å². The number of hydrogen-bond acceptors (Lipinski definition) is 3. The Morgan fingerprint density at radius 1 is 0.926 bits per heavy atom. The summed E-state index contributed by atoms with van der Waals surface area (Å²) >= 11 is 0. The molecule has 1 aliphatic heterocycles. The molecule has 1 aliphatic carbocycles. The van der Waals surface area contributed by atoms with E-state index in [0.29, 0.717) is 12.8 Å². The molecule has 4 rings (SSSR count). The second-order valence-corrected chi connectivity index (χ2v) is 8.40. The Hall–Kier alpha value is -2.62. The molecule has 1 N–H and O–H groups in total. The van der Waals surface area contributed by atoms with Crippen LogP contribution in [-0.2, 0) is 14.3 Å². The highest BCUT2D eigenvalue weighted by molar-refractivity contribution is 5.96. The third-order valence-corrected chi connectivity index (χ3v) is 6.99. The molecule has 0 aromatic heterocycles. The zero-order valence-electron chi connectivity index (χ0n) is 16.0. The lowest BCUT2D eigenvalue weighted by Gasteiger charge is -2.36. The maximum Gasteiger partial charge on any atom is 0.313 e. The minimum atomic E-state index is -1.11. The van der Waals surface area contributed by atoms with Gasteiger partial charge in [0.1, 0.15) is 0 Å². The van der Waals surface area contributed by atoms with Crippen molar-refractivity contribution in [1.82, 2.24) is 5.32 Å². The second-order valence-electron chi connectivity index (χ2n) is 8.40. The molecule has 0 spiro atoms. The van der Waals surface area contributed by atoms with Gasteiger partial charge in [-0.25, -0.2) is 0 Å². The van der Waals surface area contributed by atoms with Crippen molar-refractivity contribution in [3.8, 4) is 0 Å². The molecule has 4 heteroatoms. The number of hydrogen-bond donors (Lipinski definition) is 1. The van der Waals surface area contributed by atoms with E-state index in [-0.39, 0.29) is 17.9 Å². The average molecular weight is 363 g/mol. The molecular weight excluding hydrogens is 338 g/mol. The minimum Gasteiger partial charge on any atom is -0.448 e. The summed E-state index contributed by atoms with van der Waals surface area (Å²) in [5, 5.41) is 3.19. The van der Waals surface area contributed by atoms with Crippen LogP contribution in [0.3, 0.4) is 0 Å². The van der Waals surface area contributed by atoms with Crippen molar-refractivity contribution in [1.29, 1.82) is 0 Å². The first-order valence-electron chi connectivity index (χ1n) is 9.46. The van der Waals surface area contributed by atoms with Gasteiger partial charge in [-0.05, 0) is 30.9 Å². The van der Waals surface area contributed by atoms with Gasteiger partial charge in [0.25, 0.3) is 5.91 Å². The first kappa shape index (κ1) is 17.8. The van der Waals surface area contributed by atoms with Gasteiger partial charge in [0.2, 0.25) is 0 Å². The molecule has 0 radical (unpaired) electrons. The molecule has 0 unspecified atom stereocenters. The molecule has 1 saturated carbocycles. The number of esters is 1. The fraction of sp³-hybridized carbons (Fsp3) is 0.391. The normalized spacial score (nSPS) is 28.2. The van der Waals surface area contributed by atoms with Crippen LogP contribution in [0.5, 0.6) is 0 Å². The Balaban J connectivity index is 1.71. The summed E-state index contributed by atoms with van der Waals surface area (Å²) in [7, 11) is 0. The fourth-order valence-corrected chi connectivity index (χ4v) is 4.64. The van der Waals surface area contributed by atoms with E-state index in [0.717, 1.165) is 11.1 Å². The van der Waals surface area contributed by atoms with Crippen LogP contribution in [-0.4, -0.2) is 17.5 Å². The van der Waals surface area contributed by atoms with Crippen molar-refractivity contribution in [3.63, 3.8) is 0 Å². The van der Waals surface area contributed by atoms with Gasteiger partial charge in [-0.1, -0.05) is 74.5 Å². The van der Waals surface area contributed by atoms with Crippen LogP contribution in [0, 0.1) is 10.8 Å². The quantitative estimate of drug-likeness (QED) is 0.835. The molecular formula is C23H25NO3. The minimum absolute atomic E-state index is 0.209. The van der Waals surface area contributed by atoms with Gasteiger partial charge in [0.05, 0.1) is 11.5 Å². The maximum absolute atomic E-state index is 13.5. The third kappa shape index (κ3) is 2.35. The number of carbonyl (C=O) groups is 2. The van der Waals surface area contributed by atoms with E-state index in [2.05, 4.69) is 5.32 Å². The number of nitrogens with one attached hydrogen (secondary N) is 1. The summed E-state index contributed by atoms with van der Waals surface area (Å²) < 4.78 is 5.75. The highest BCUT2D eigenvalue weighted by Crippen LogP contribution is 2.65. The second kappa shape index (κ2) is 5.95. The van der Waals surface area contributed by atoms with E-state index < -0.39 is 16.4 Å². The lowest BCUT2D eigenvalue weighted by atomic mass is 9.66. The highest BCUT2D eigenvalue weighted by Gasteiger charge is 2.75. The number of benzene rings is 2. The molecule has 1 saturated heterocycles. The molecule has 140 valence electrons. The molecule has 2 bridgehead atoms. The predicted octanol–water partition coefficient (Wildman–Crippen LogP) is 4.01. The summed E-state index contributed by atoms with van der Waals surface area (Å²) in [5.74, 6) is -0.468. The van der Waals surface area contributed by atoms with Crippen LogP contribution in [0.2, 0.25) is 0 Å². The lowest BCUT2D eigenvalue weighted by molar-refractivity contribution is -0.168. The summed E-state index contributed by atoms with van der Waals surface area (Å²) in [6, 6.07) is 19.5. The van der Waals surface area contributed by atoms with Crippen molar-refractivity contribution in [3.05, 3.63) is 71.8 Å². The number of carbonyl (C=O) groups excluding carboxylic acids is 2. The molecule has 2 atom stereocenters. The van der Waals surface area contributed by atoms with Crippen LogP contribution in [0.1, 0.15) is 50.8 Å². The van der Waals surface area contributed by atoms with Crippen LogP contribution in [0.4, 0.5) is 0 Å². The molecule has 1 heterocycles. The summed E-state index contributed by atoms with van der Waals surface area (Å²) in [6.07, 6.45) is 1.23. The first-order chi connectivity index (χ1) is 12.8. The topological polar surface area (TPSA) is 55.4 Å². The zero-order valence-corrected chi connectivity index (χ0v) is 16.0. The Morgan fingerprint density at radius 2 is 1.44 bits per heavy atom. The van der Waals surface area contributed by atoms with Gasteiger partial charge >= 0.3 is 5.97 Å². The Bertz CT molecular complexity index is 838. The van der Waals surface area contributed by atoms with Crippen LogP contribution >= 0.6 is 0 Å². The molecule has 4 nitrogen and oxygen atoms in total. The zero-order chi connectivity index (χ0) is 19.3. The standard InChI is InChI=1S/C23H25NO3/c1-21(2)22(3)14-15-23(21,27-20(22)26)19(25)24-18(16-10-6-4-7-11-16)17-12-8-5-9-13-17/h4-13,18H,14-15H2,1-3H3,(H,24,25)/t22-,23-/m0/s1. The van der Waals surface area contributed by atoms with E-state index in [4.69, 9.17) is 4.74 Å². The van der Waals surface area contributed by atoms with Crippen molar-refractivity contribution in [2.45, 2.75) is 45.3 Å². The average Bonchev–Trinajstić information content (AvgIpc) is 2.97. The van der Waals surface area contributed by atoms with Gasteiger partial charge in [-0.2, -0.15) is 0 Å². The molecule has 1 amide bonds. The Morgan fingerprint density at radius 3 is 1.85 bits per heavy atom. The smallest absolute Gasteiger partial charge is 0.313 e. The number of rotatable bonds is 4. The summed E-state index contributed by atoms with van der Waals surface area (Å²) in [6.45, 7) is 5.87. The van der Waals surface area contributed by atoms with Crippen molar-refractivity contribution < 1.29 is 14.3 Å². The highest BCUT2D eigenvalue weighted by atomic mass is 16.6. The van der Waals surface area contributed by atoms with Crippen LogP contribution < -0.4 is 5.32 Å². The number of amides is 1. The van der Waals surface area contributed by atoms with E-state index in [1.54, 1.807) is 0 Å². The van der Waals surface area contributed by atoms with E-state index in [9.17, 15) is 9.59 Å². The van der Waals surface area contributed by atoms with Gasteiger partial charge in [-0.3, -0.25) is 9.59 Å². The summed E-state index contributed by atoms with van der Waals surface area (Å²) in [5.41, 5.74) is -0.285.